The fraction of sp³-hybridized carbons (Fsp3) is 0.263. The molecule has 1 N–H and O–H groups in total. The van der Waals surface area contributed by atoms with Gasteiger partial charge in [0.05, 0.1) is 41.9 Å². The van der Waals surface area contributed by atoms with Gasteiger partial charge in [-0.2, -0.15) is 5.10 Å². The van der Waals surface area contributed by atoms with Gasteiger partial charge in [0.15, 0.2) is 5.13 Å². The first-order valence-corrected chi connectivity index (χ1v) is 10.0. The SMILES string of the molecule is CCOC(=O)Cc1csc(NC(=O)c2cnn(-c3cccc(Cl)c3)c2CC)n1. The van der Waals surface area contributed by atoms with Gasteiger partial charge < -0.3 is 4.74 Å². The number of aromatic nitrogens is 3. The van der Waals surface area contributed by atoms with Crippen molar-refractivity contribution in [3.05, 3.63) is 57.8 Å². The summed E-state index contributed by atoms with van der Waals surface area (Å²) in [5, 5.41) is 9.86. The lowest BCUT2D eigenvalue weighted by Gasteiger charge is -2.08. The zero-order chi connectivity index (χ0) is 20.1. The Hall–Kier alpha value is -2.71. The van der Waals surface area contributed by atoms with Crippen LogP contribution in [0.2, 0.25) is 5.02 Å². The molecule has 0 atom stereocenters. The van der Waals surface area contributed by atoms with Crippen LogP contribution in [0.3, 0.4) is 0 Å². The molecule has 28 heavy (non-hydrogen) atoms. The van der Waals surface area contributed by atoms with Gasteiger partial charge in [-0.25, -0.2) is 9.67 Å². The summed E-state index contributed by atoms with van der Waals surface area (Å²) in [4.78, 5) is 28.5. The third-order valence-corrected chi connectivity index (χ3v) is 4.95. The fourth-order valence-corrected chi connectivity index (χ4v) is 3.59. The first kappa shape index (κ1) is 20.0. The van der Waals surface area contributed by atoms with Crippen LogP contribution in [0.25, 0.3) is 5.69 Å². The minimum atomic E-state index is -0.346. The van der Waals surface area contributed by atoms with E-state index in [1.54, 1.807) is 29.1 Å². The maximum absolute atomic E-state index is 12.7. The van der Waals surface area contributed by atoms with Crippen molar-refractivity contribution < 1.29 is 14.3 Å². The number of rotatable bonds is 7. The standard InChI is InChI=1S/C19H19ClN4O3S/c1-3-16-15(10-21-24(16)14-7-5-6-12(20)8-14)18(26)23-19-22-13(11-28-19)9-17(25)27-4-2/h5-8,10-11H,3-4,9H2,1-2H3,(H,22,23,26). The topological polar surface area (TPSA) is 86.1 Å². The summed E-state index contributed by atoms with van der Waals surface area (Å²) >= 11 is 7.32. The second-order valence-electron chi connectivity index (χ2n) is 5.83. The van der Waals surface area contributed by atoms with Crippen molar-refractivity contribution in [2.45, 2.75) is 26.7 Å². The Kier molecular flexibility index (Phi) is 6.43. The van der Waals surface area contributed by atoms with Crippen LogP contribution in [0, 0.1) is 0 Å². The number of nitrogens with one attached hydrogen (secondary N) is 1. The molecule has 0 aliphatic carbocycles. The molecule has 9 heteroatoms. The monoisotopic (exact) mass is 418 g/mol. The van der Waals surface area contributed by atoms with E-state index in [-0.39, 0.29) is 18.3 Å². The van der Waals surface area contributed by atoms with E-state index in [0.29, 0.717) is 34.4 Å². The Bertz CT molecular complexity index is 999. The Morgan fingerprint density at radius 1 is 1.32 bits per heavy atom. The maximum Gasteiger partial charge on any atom is 0.311 e. The second kappa shape index (κ2) is 8.99. The fourth-order valence-electron chi connectivity index (χ4n) is 2.70. The number of carbonyl (C=O) groups is 2. The largest absolute Gasteiger partial charge is 0.466 e. The summed E-state index contributed by atoms with van der Waals surface area (Å²) in [6.45, 7) is 4.03. The van der Waals surface area contributed by atoms with E-state index in [9.17, 15) is 9.59 Å². The molecule has 0 radical (unpaired) electrons. The number of ether oxygens (including phenoxy) is 1. The van der Waals surface area contributed by atoms with Crippen LogP contribution in [0.1, 0.15) is 35.6 Å². The first-order valence-electron chi connectivity index (χ1n) is 8.76. The highest BCUT2D eigenvalue weighted by atomic mass is 35.5. The highest BCUT2D eigenvalue weighted by Crippen LogP contribution is 2.21. The van der Waals surface area contributed by atoms with Crippen molar-refractivity contribution in [1.29, 1.82) is 0 Å². The van der Waals surface area contributed by atoms with Gasteiger partial charge in [0.1, 0.15) is 0 Å². The molecule has 1 amide bonds. The molecule has 1 aromatic carbocycles. The third-order valence-electron chi connectivity index (χ3n) is 3.90. The highest BCUT2D eigenvalue weighted by molar-refractivity contribution is 7.14. The molecule has 2 aromatic heterocycles. The minimum absolute atomic E-state index is 0.0765. The Morgan fingerprint density at radius 3 is 2.86 bits per heavy atom. The molecule has 0 saturated heterocycles. The molecule has 3 rings (SSSR count). The summed E-state index contributed by atoms with van der Waals surface area (Å²) in [5.74, 6) is -0.649. The van der Waals surface area contributed by atoms with Crippen molar-refractivity contribution in [1.82, 2.24) is 14.8 Å². The van der Waals surface area contributed by atoms with Gasteiger partial charge in [0, 0.05) is 10.4 Å². The number of carbonyl (C=O) groups excluding carboxylic acids is 2. The lowest BCUT2D eigenvalue weighted by Crippen LogP contribution is -2.14. The molecule has 7 nitrogen and oxygen atoms in total. The van der Waals surface area contributed by atoms with Crippen molar-refractivity contribution >= 4 is 39.9 Å². The van der Waals surface area contributed by atoms with Crippen LogP contribution in [0.4, 0.5) is 5.13 Å². The predicted octanol–water partition coefficient (Wildman–Crippen LogP) is 3.90. The Morgan fingerprint density at radius 2 is 2.14 bits per heavy atom. The van der Waals surface area contributed by atoms with Crippen molar-refractivity contribution in [2.75, 3.05) is 11.9 Å². The molecule has 146 valence electrons. The molecule has 0 spiro atoms. The zero-order valence-electron chi connectivity index (χ0n) is 15.4. The quantitative estimate of drug-likeness (QED) is 0.588. The second-order valence-corrected chi connectivity index (χ2v) is 7.12. The van der Waals surface area contributed by atoms with E-state index in [1.165, 1.54) is 17.5 Å². The number of anilines is 1. The Balaban J connectivity index is 1.76. The van der Waals surface area contributed by atoms with E-state index in [0.717, 1.165) is 11.4 Å². The number of esters is 1. The number of hydrogen-bond donors (Lipinski definition) is 1. The molecule has 0 fully saturated rings. The maximum atomic E-state index is 12.7. The van der Waals surface area contributed by atoms with Gasteiger partial charge in [-0.1, -0.05) is 24.6 Å². The van der Waals surface area contributed by atoms with Crippen LogP contribution in [0.5, 0.6) is 0 Å². The average Bonchev–Trinajstić information content (AvgIpc) is 3.28. The van der Waals surface area contributed by atoms with E-state index < -0.39 is 0 Å². The molecule has 3 aromatic rings. The summed E-state index contributed by atoms with van der Waals surface area (Å²) in [6, 6.07) is 7.28. The summed E-state index contributed by atoms with van der Waals surface area (Å²) in [6.07, 6.45) is 2.22. The van der Waals surface area contributed by atoms with Crippen LogP contribution < -0.4 is 5.32 Å². The summed E-state index contributed by atoms with van der Waals surface area (Å²) in [5.41, 5.74) is 2.58. The van der Waals surface area contributed by atoms with E-state index in [1.807, 2.05) is 19.1 Å². The van der Waals surface area contributed by atoms with E-state index >= 15 is 0 Å². The normalized spacial score (nSPS) is 10.7. The summed E-state index contributed by atoms with van der Waals surface area (Å²) < 4.78 is 6.61. The number of thiazole rings is 1. The molecule has 0 unspecified atom stereocenters. The van der Waals surface area contributed by atoms with Crippen molar-refractivity contribution in [3.63, 3.8) is 0 Å². The lowest BCUT2D eigenvalue weighted by atomic mass is 10.2. The molecular weight excluding hydrogens is 400 g/mol. The van der Waals surface area contributed by atoms with E-state index in [4.69, 9.17) is 16.3 Å². The van der Waals surface area contributed by atoms with Gasteiger partial charge >= 0.3 is 5.97 Å². The molecule has 0 bridgehead atoms. The van der Waals surface area contributed by atoms with Crippen LogP contribution in [-0.2, 0) is 22.4 Å². The van der Waals surface area contributed by atoms with Gasteiger partial charge in [-0.3, -0.25) is 14.9 Å². The highest BCUT2D eigenvalue weighted by Gasteiger charge is 2.19. The predicted molar refractivity (Wildman–Crippen MR) is 108 cm³/mol. The van der Waals surface area contributed by atoms with Gasteiger partial charge in [-0.05, 0) is 31.5 Å². The minimum Gasteiger partial charge on any atom is -0.466 e. The lowest BCUT2D eigenvalue weighted by molar-refractivity contribution is -0.142. The molecular formula is C19H19ClN4O3S. The molecule has 0 aliphatic rings. The van der Waals surface area contributed by atoms with Crippen LogP contribution >= 0.6 is 22.9 Å². The van der Waals surface area contributed by atoms with Crippen molar-refractivity contribution in [2.24, 2.45) is 0 Å². The van der Waals surface area contributed by atoms with Gasteiger partial charge in [0.25, 0.3) is 5.91 Å². The average molecular weight is 419 g/mol. The smallest absolute Gasteiger partial charge is 0.311 e. The zero-order valence-corrected chi connectivity index (χ0v) is 17.0. The number of benzene rings is 1. The molecule has 2 heterocycles. The van der Waals surface area contributed by atoms with Gasteiger partial charge in [0.2, 0.25) is 0 Å². The Labute approximate surface area is 171 Å². The third kappa shape index (κ3) is 4.58. The van der Waals surface area contributed by atoms with E-state index in [2.05, 4.69) is 15.4 Å². The number of nitrogens with zero attached hydrogens (tertiary/aromatic N) is 3. The summed E-state index contributed by atoms with van der Waals surface area (Å²) in [7, 11) is 0. The first-order chi connectivity index (χ1) is 13.5. The number of halogens is 1. The van der Waals surface area contributed by atoms with Crippen molar-refractivity contribution in [3.8, 4) is 5.69 Å². The molecule has 0 aliphatic heterocycles. The molecule has 0 saturated carbocycles. The van der Waals surface area contributed by atoms with Crippen LogP contribution in [-0.4, -0.2) is 33.2 Å². The number of amides is 1. The number of hydrogen-bond acceptors (Lipinski definition) is 6. The van der Waals surface area contributed by atoms with Gasteiger partial charge in [-0.15, -0.1) is 11.3 Å². The van der Waals surface area contributed by atoms with Crippen LogP contribution in [0.15, 0.2) is 35.8 Å².